The lowest BCUT2D eigenvalue weighted by atomic mass is 10.5. The normalized spacial score (nSPS) is 11.7. The molecular formula is C5H3Cl4N3. The van der Waals surface area contributed by atoms with E-state index in [0.29, 0.717) is 0 Å². The van der Waals surface area contributed by atoms with Crippen molar-refractivity contribution >= 4 is 52.2 Å². The molecule has 0 saturated heterocycles. The minimum Gasteiger partial charge on any atom is -0.382 e. The number of rotatable bonds is 0. The van der Waals surface area contributed by atoms with E-state index >= 15 is 0 Å². The predicted molar refractivity (Wildman–Crippen MR) is 50.7 cm³/mol. The van der Waals surface area contributed by atoms with E-state index < -0.39 is 3.79 Å². The van der Waals surface area contributed by atoms with Crippen LogP contribution < -0.4 is 5.73 Å². The largest absolute Gasteiger partial charge is 0.382 e. The summed E-state index contributed by atoms with van der Waals surface area (Å²) in [6, 6.07) is 0. The summed E-state index contributed by atoms with van der Waals surface area (Å²) in [5.74, 6) is 0.0994. The number of hydrogen-bond acceptors (Lipinski definition) is 3. The van der Waals surface area contributed by atoms with Crippen LogP contribution in [0.4, 0.5) is 5.82 Å². The molecule has 1 rings (SSSR count). The second kappa shape index (κ2) is 3.42. The lowest BCUT2D eigenvalue weighted by Gasteiger charge is -2.08. The van der Waals surface area contributed by atoms with E-state index in [0.717, 1.165) is 0 Å². The molecule has 1 aromatic heterocycles. The summed E-state index contributed by atoms with van der Waals surface area (Å²) in [7, 11) is 0. The molecule has 0 atom stereocenters. The zero-order chi connectivity index (χ0) is 9.35. The standard InChI is InChI=1S/C5H3Cl4N3/c6-2-1-11-4(5(7,8)9)12-3(2)10/h1H,(H2,10,11,12). The number of aromatic nitrogens is 2. The first-order valence-corrected chi connectivity index (χ1v) is 4.27. The lowest BCUT2D eigenvalue weighted by molar-refractivity contribution is 0.976. The molecule has 0 fully saturated rings. The fourth-order valence-electron chi connectivity index (χ4n) is 0.517. The van der Waals surface area contributed by atoms with E-state index in [1.807, 2.05) is 0 Å². The number of anilines is 1. The van der Waals surface area contributed by atoms with Gasteiger partial charge in [0.2, 0.25) is 3.79 Å². The summed E-state index contributed by atoms with van der Waals surface area (Å²) in [4.78, 5) is 7.37. The Labute approximate surface area is 88.8 Å². The molecular weight excluding hydrogens is 244 g/mol. The Hall–Kier alpha value is 0.0400. The fourth-order valence-corrected chi connectivity index (χ4v) is 0.881. The van der Waals surface area contributed by atoms with E-state index in [9.17, 15) is 0 Å². The van der Waals surface area contributed by atoms with Crippen LogP contribution in [0.25, 0.3) is 0 Å². The van der Waals surface area contributed by atoms with Gasteiger partial charge in [0.15, 0.2) is 5.82 Å². The molecule has 0 aromatic carbocycles. The van der Waals surface area contributed by atoms with Crippen molar-refractivity contribution in [2.75, 3.05) is 5.73 Å². The highest BCUT2D eigenvalue weighted by Gasteiger charge is 2.26. The van der Waals surface area contributed by atoms with Crippen LogP contribution in [-0.4, -0.2) is 9.97 Å². The summed E-state index contributed by atoms with van der Waals surface area (Å²) >= 11 is 22.0. The van der Waals surface area contributed by atoms with Gasteiger partial charge in [-0.25, -0.2) is 9.97 Å². The second-order valence-corrected chi connectivity index (χ2v) is 4.61. The van der Waals surface area contributed by atoms with Crippen molar-refractivity contribution in [3.8, 4) is 0 Å². The maximum Gasteiger partial charge on any atom is 0.250 e. The number of nitrogens with zero attached hydrogens (tertiary/aromatic N) is 2. The van der Waals surface area contributed by atoms with Gasteiger partial charge in [0.05, 0.1) is 6.20 Å². The molecule has 2 N–H and O–H groups in total. The summed E-state index contributed by atoms with van der Waals surface area (Å²) < 4.78 is -1.67. The Kier molecular flexibility index (Phi) is 2.88. The summed E-state index contributed by atoms with van der Waals surface area (Å²) in [6.45, 7) is 0. The van der Waals surface area contributed by atoms with Gasteiger partial charge in [0.25, 0.3) is 0 Å². The van der Waals surface area contributed by atoms with Gasteiger partial charge >= 0.3 is 0 Å². The van der Waals surface area contributed by atoms with E-state index in [4.69, 9.17) is 52.1 Å². The first kappa shape index (κ1) is 10.1. The van der Waals surface area contributed by atoms with Crippen LogP contribution in [0.1, 0.15) is 5.82 Å². The molecule has 0 amide bonds. The third kappa shape index (κ3) is 2.26. The van der Waals surface area contributed by atoms with Gasteiger partial charge in [-0.05, 0) is 0 Å². The molecule has 0 unspecified atom stereocenters. The maximum atomic E-state index is 5.55. The molecule has 7 heteroatoms. The summed E-state index contributed by atoms with van der Waals surface area (Å²) in [5.41, 5.74) is 5.36. The molecule has 1 heterocycles. The molecule has 0 aliphatic carbocycles. The van der Waals surface area contributed by atoms with Crippen LogP contribution in [-0.2, 0) is 3.79 Å². The fraction of sp³-hybridized carbons (Fsp3) is 0.200. The highest BCUT2D eigenvalue weighted by Crippen LogP contribution is 2.36. The number of alkyl halides is 3. The number of hydrogen-bond donors (Lipinski definition) is 1. The van der Waals surface area contributed by atoms with Gasteiger partial charge in [-0.2, -0.15) is 0 Å². The van der Waals surface area contributed by atoms with Crippen LogP contribution in [0.3, 0.4) is 0 Å². The van der Waals surface area contributed by atoms with Crippen molar-refractivity contribution in [3.05, 3.63) is 17.0 Å². The highest BCUT2D eigenvalue weighted by atomic mass is 35.6. The van der Waals surface area contributed by atoms with Crippen LogP contribution in [0, 0.1) is 0 Å². The SMILES string of the molecule is Nc1nc(C(Cl)(Cl)Cl)ncc1Cl. The minimum absolute atomic E-state index is 0.00870. The zero-order valence-corrected chi connectivity index (χ0v) is 8.58. The average molecular weight is 247 g/mol. The van der Waals surface area contributed by atoms with Gasteiger partial charge in [-0.1, -0.05) is 46.4 Å². The topological polar surface area (TPSA) is 51.8 Å². The van der Waals surface area contributed by atoms with Crippen molar-refractivity contribution in [2.24, 2.45) is 0 Å². The smallest absolute Gasteiger partial charge is 0.250 e. The van der Waals surface area contributed by atoms with Gasteiger partial charge in [-0.15, -0.1) is 0 Å². The molecule has 0 aliphatic heterocycles. The Morgan fingerprint density at radius 3 is 2.33 bits per heavy atom. The number of halogens is 4. The van der Waals surface area contributed by atoms with Gasteiger partial charge in [-0.3, -0.25) is 0 Å². The molecule has 12 heavy (non-hydrogen) atoms. The van der Waals surface area contributed by atoms with E-state index in [1.165, 1.54) is 6.20 Å². The van der Waals surface area contributed by atoms with Crippen LogP contribution in [0.2, 0.25) is 5.02 Å². The van der Waals surface area contributed by atoms with Crippen molar-refractivity contribution in [3.63, 3.8) is 0 Å². The van der Waals surface area contributed by atoms with Crippen LogP contribution in [0.15, 0.2) is 6.20 Å². The van der Waals surface area contributed by atoms with Crippen LogP contribution >= 0.6 is 46.4 Å². The van der Waals surface area contributed by atoms with Gasteiger partial charge in [0.1, 0.15) is 10.8 Å². The third-order valence-electron chi connectivity index (χ3n) is 1.02. The predicted octanol–water partition coefficient (Wildman–Crippen LogP) is 2.54. The van der Waals surface area contributed by atoms with E-state index in [-0.39, 0.29) is 16.7 Å². The van der Waals surface area contributed by atoms with Crippen LogP contribution in [0.5, 0.6) is 0 Å². The maximum absolute atomic E-state index is 5.55. The molecule has 66 valence electrons. The first-order chi connectivity index (χ1) is 5.41. The third-order valence-corrected chi connectivity index (χ3v) is 1.82. The number of nitrogen functional groups attached to an aromatic ring is 1. The van der Waals surface area contributed by atoms with Crippen molar-refractivity contribution in [2.45, 2.75) is 3.79 Å². The molecule has 0 spiro atoms. The van der Waals surface area contributed by atoms with Gasteiger partial charge in [0, 0.05) is 0 Å². The van der Waals surface area contributed by atoms with Crippen molar-refractivity contribution in [1.29, 1.82) is 0 Å². The Morgan fingerprint density at radius 2 is 1.92 bits per heavy atom. The first-order valence-electron chi connectivity index (χ1n) is 2.76. The zero-order valence-electron chi connectivity index (χ0n) is 5.56. The molecule has 0 radical (unpaired) electrons. The minimum atomic E-state index is -1.67. The Balaban J connectivity index is 3.14. The monoisotopic (exact) mass is 245 g/mol. The highest BCUT2D eigenvalue weighted by molar-refractivity contribution is 6.66. The summed E-state index contributed by atoms with van der Waals surface area (Å²) in [5, 5.41) is 0.230. The molecule has 0 saturated carbocycles. The second-order valence-electron chi connectivity index (χ2n) is 1.92. The average Bonchev–Trinajstić information content (AvgIpc) is 1.92. The van der Waals surface area contributed by atoms with Crippen molar-refractivity contribution < 1.29 is 0 Å². The molecule has 3 nitrogen and oxygen atoms in total. The molecule has 0 aliphatic rings. The number of nitrogens with two attached hydrogens (primary N) is 1. The molecule has 1 aromatic rings. The van der Waals surface area contributed by atoms with E-state index in [2.05, 4.69) is 9.97 Å². The quantitative estimate of drug-likeness (QED) is 0.716. The Bertz CT molecular complexity index is 295. The van der Waals surface area contributed by atoms with Gasteiger partial charge < -0.3 is 5.73 Å². The lowest BCUT2D eigenvalue weighted by Crippen LogP contribution is -2.08. The van der Waals surface area contributed by atoms with Crippen molar-refractivity contribution in [1.82, 2.24) is 9.97 Å². The van der Waals surface area contributed by atoms with E-state index in [1.54, 1.807) is 0 Å². The Morgan fingerprint density at radius 1 is 1.33 bits per heavy atom. The molecule has 0 bridgehead atoms. The summed E-state index contributed by atoms with van der Waals surface area (Å²) in [6.07, 6.45) is 1.28.